The van der Waals surface area contributed by atoms with E-state index in [4.69, 9.17) is 0 Å². The molecule has 0 saturated carbocycles. The number of nitrogens with zero attached hydrogens (tertiary/aromatic N) is 4. The Kier molecular flexibility index (Phi) is 6.91. The molecule has 0 atom stereocenters. The zero-order valence-corrected chi connectivity index (χ0v) is 16.1. The molecule has 2 aromatic rings. The molecule has 1 aliphatic heterocycles. The zero-order valence-electron chi connectivity index (χ0n) is 16.1. The van der Waals surface area contributed by atoms with Gasteiger partial charge in [-0.3, -0.25) is 14.5 Å². The monoisotopic (exact) mass is 382 g/mol. The molecule has 1 aromatic heterocycles. The Morgan fingerprint density at radius 1 is 1.04 bits per heavy atom. The lowest BCUT2D eigenvalue weighted by molar-refractivity contribution is -0.114. The third kappa shape index (κ3) is 5.75. The van der Waals surface area contributed by atoms with E-state index in [9.17, 15) is 9.59 Å². The van der Waals surface area contributed by atoms with Crippen molar-refractivity contribution in [2.45, 2.75) is 13.3 Å². The lowest BCUT2D eigenvalue weighted by atomic mass is 10.2. The SMILES string of the molecule is CC(=O)Nc1ccc(C(=O)NCCCN2CCN(c3ncccn3)CC2)cc1. The van der Waals surface area contributed by atoms with Crippen LogP contribution in [0.2, 0.25) is 0 Å². The molecule has 28 heavy (non-hydrogen) atoms. The van der Waals surface area contributed by atoms with Gasteiger partial charge in [0.2, 0.25) is 11.9 Å². The summed E-state index contributed by atoms with van der Waals surface area (Å²) in [5.41, 5.74) is 1.27. The van der Waals surface area contributed by atoms with Gasteiger partial charge in [-0.2, -0.15) is 0 Å². The van der Waals surface area contributed by atoms with E-state index in [1.807, 2.05) is 6.07 Å². The van der Waals surface area contributed by atoms with Gasteiger partial charge in [-0.15, -0.1) is 0 Å². The number of hydrogen-bond donors (Lipinski definition) is 2. The topological polar surface area (TPSA) is 90.5 Å². The molecule has 3 rings (SSSR count). The van der Waals surface area contributed by atoms with E-state index >= 15 is 0 Å². The number of nitrogens with one attached hydrogen (secondary N) is 2. The van der Waals surface area contributed by atoms with Crippen molar-refractivity contribution in [1.82, 2.24) is 20.2 Å². The lowest BCUT2D eigenvalue weighted by Gasteiger charge is -2.34. The molecule has 148 valence electrons. The van der Waals surface area contributed by atoms with Crippen molar-refractivity contribution in [3.8, 4) is 0 Å². The fourth-order valence-electron chi connectivity index (χ4n) is 3.14. The molecular weight excluding hydrogens is 356 g/mol. The van der Waals surface area contributed by atoms with Gasteiger partial charge in [0.15, 0.2) is 0 Å². The molecule has 1 aromatic carbocycles. The van der Waals surface area contributed by atoms with Crippen LogP contribution < -0.4 is 15.5 Å². The normalized spacial score (nSPS) is 14.5. The number of piperazine rings is 1. The molecule has 1 fully saturated rings. The van der Waals surface area contributed by atoms with Gasteiger partial charge >= 0.3 is 0 Å². The fourth-order valence-corrected chi connectivity index (χ4v) is 3.14. The van der Waals surface area contributed by atoms with Gasteiger partial charge in [-0.05, 0) is 43.3 Å². The lowest BCUT2D eigenvalue weighted by Crippen LogP contribution is -2.47. The highest BCUT2D eigenvalue weighted by Gasteiger charge is 2.18. The number of carbonyl (C=O) groups excluding carboxylic acids is 2. The molecule has 2 amide bonds. The second kappa shape index (κ2) is 9.80. The zero-order chi connectivity index (χ0) is 19.8. The molecule has 0 unspecified atom stereocenters. The highest BCUT2D eigenvalue weighted by atomic mass is 16.2. The van der Waals surface area contributed by atoms with Gasteiger partial charge in [0.1, 0.15) is 0 Å². The third-order valence-corrected chi connectivity index (χ3v) is 4.61. The van der Waals surface area contributed by atoms with Crippen LogP contribution in [0.25, 0.3) is 0 Å². The van der Waals surface area contributed by atoms with Crippen LogP contribution in [-0.2, 0) is 4.79 Å². The summed E-state index contributed by atoms with van der Waals surface area (Å²) >= 11 is 0. The Bertz CT molecular complexity index is 773. The molecule has 0 spiro atoms. The summed E-state index contributed by atoms with van der Waals surface area (Å²) in [6, 6.07) is 8.71. The summed E-state index contributed by atoms with van der Waals surface area (Å²) in [7, 11) is 0. The first-order chi connectivity index (χ1) is 13.6. The smallest absolute Gasteiger partial charge is 0.251 e. The minimum Gasteiger partial charge on any atom is -0.352 e. The Hall–Kier alpha value is -3.00. The minimum atomic E-state index is -0.130. The summed E-state index contributed by atoms with van der Waals surface area (Å²) < 4.78 is 0. The first kappa shape index (κ1) is 19.8. The van der Waals surface area contributed by atoms with Crippen molar-refractivity contribution in [2.75, 3.05) is 49.5 Å². The van der Waals surface area contributed by atoms with Crippen molar-refractivity contribution in [3.63, 3.8) is 0 Å². The van der Waals surface area contributed by atoms with Crippen molar-refractivity contribution in [3.05, 3.63) is 48.3 Å². The highest BCUT2D eigenvalue weighted by Crippen LogP contribution is 2.11. The second-order valence-corrected chi connectivity index (χ2v) is 6.75. The van der Waals surface area contributed by atoms with Gasteiger partial charge in [-0.25, -0.2) is 9.97 Å². The maximum absolute atomic E-state index is 12.2. The number of carbonyl (C=O) groups is 2. The van der Waals surface area contributed by atoms with E-state index in [0.717, 1.165) is 45.1 Å². The highest BCUT2D eigenvalue weighted by molar-refractivity contribution is 5.95. The first-order valence-electron chi connectivity index (χ1n) is 9.52. The van der Waals surface area contributed by atoms with E-state index in [-0.39, 0.29) is 11.8 Å². The summed E-state index contributed by atoms with van der Waals surface area (Å²) in [6.45, 7) is 6.80. The maximum Gasteiger partial charge on any atom is 0.251 e. The molecular formula is C20H26N6O2. The number of benzene rings is 1. The van der Waals surface area contributed by atoms with Gasteiger partial charge < -0.3 is 15.5 Å². The van der Waals surface area contributed by atoms with Crippen LogP contribution in [0.4, 0.5) is 11.6 Å². The first-order valence-corrected chi connectivity index (χ1v) is 9.52. The van der Waals surface area contributed by atoms with Crippen LogP contribution in [0.5, 0.6) is 0 Å². The van der Waals surface area contributed by atoms with Gasteiger partial charge in [-0.1, -0.05) is 0 Å². The standard InChI is InChI=1S/C20H26N6O2/c1-16(27)24-18-6-4-17(5-7-18)19(28)21-10-3-11-25-12-14-26(15-13-25)20-22-8-2-9-23-20/h2,4-9H,3,10-15H2,1H3,(H,21,28)(H,24,27). The predicted molar refractivity (Wildman–Crippen MR) is 108 cm³/mol. The summed E-state index contributed by atoms with van der Waals surface area (Å²) in [5, 5.41) is 5.64. The number of anilines is 2. The van der Waals surface area contributed by atoms with E-state index in [1.165, 1.54) is 6.92 Å². The molecule has 8 nitrogen and oxygen atoms in total. The molecule has 0 aliphatic carbocycles. The number of amides is 2. The van der Waals surface area contributed by atoms with Crippen molar-refractivity contribution in [2.24, 2.45) is 0 Å². The van der Waals surface area contributed by atoms with Crippen molar-refractivity contribution < 1.29 is 9.59 Å². The van der Waals surface area contributed by atoms with E-state index < -0.39 is 0 Å². The second-order valence-electron chi connectivity index (χ2n) is 6.75. The molecule has 0 bridgehead atoms. The Balaban J connectivity index is 1.33. The fraction of sp³-hybridized carbons (Fsp3) is 0.400. The van der Waals surface area contributed by atoms with E-state index in [2.05, 4.69) is 30.4 Å². The molecule has 1 saturated heterocycles. The molecule has 0 radical (unpaired) electrons. The molecule has 8 heteroatoms. The van der Waals surface area contributed by atoms with Gasteiger partial charge in [0, 0.05) is 63.3 Å². The van der Waals surface area contributed by atoms with E-state index in [1.54, 1.807) is 36.7 Å². The average molecular weight is 382 g/mol. The van der Waals surface area contributed by atoms with Crippen LogP contribution in [0.3, 0.4) is 0 Å². The molecule has 2 heterocycles. The number of rotatable bonds is 7. The largest absolute Gasteiger partial charge is 0.352 e. The van der Waals surface area contributed by atoms with Crippen molar-refractivity contribution >= 4 is 23.5 Å². The van der Waals surface area contributed by atoms with Crippen LogP contribution in [0.15, 0.2) is 42.7 Å². The summed E-state index contributed by atoms with van der Waals surface area (Å²) in [5.74, 6) is 0.564. The van der Waals surface area contributed by atoms with Crippen LogP contribution in [-0.4, -0.2) is 66.0 Å². The Morgan fingerprint density at radius 2 is 1.71 bits per heavy atom. The third-order valence-electron chi connectivity index (χ3n) is 4.61. The van der Waals surface area contributed by atoms with E-state index in [0.29, 0.717) is 17.8 Å². The van der Waals surface area contributed by atoms with Crippen LogP contribution >= 0.6 is 0 Å². The number of aromatic nitrogens is 2. The summed E-state index contributed by atoms with van der Waals surface area (Å²) in [4.78, 5) is 36.4. The van der Waals surface area contributed by atoms with Crippen LogP contribution in [0, 0.1) is 0 Å². The Morgan fingerprint density at radius 3 is 2.36 bits per heavy atom. The summed E-state index contributed by atoms with van der Waals surface area (Å²) in [6.07, 6.45) is 4.44. The van der Waals surface area contributed by atoms with Gasteiger partial charge in [0.05, 0.1) is 0 Å². The predicted octanol–water partition coefficient (Wildman–Crippen LogP) is 1.38. The average Bonchev–Trinajstić information content (AvgIpc) is 2.72. The van der Waals surface area contributed by atoms with Crippen molar-refractivity contribution in [1.29, 1.82) is 0 Å². The van der Waals surface area contributed by atoms with Crippen LogP contribution in [0.1, 0.15) is 23.7 Å². The van der Waals surface area contributed by atoms with Gasteiger partial charge in [0.25, 0.3) is 5.91 Å². The molecule has 1 aliphatic rings. The maximum atomic E-state index is 12.2. The number of hydrogen-bond acceptors (Lipinski definition) is 6. The Labute approximate surface area is 165 Å². The molecule has 2 N–H and O–H groups in total. The quantitative estimate of drug-likeness (QED) is 0.703. The minimum absolute atomic E-state index is 0.0968.